The highest BCUT2D eigenvalue weighted by Gasteiger charge is 2.48. The molecule has 1 saturated heterocycles. The van der Waals surface area contributed by atoms with E-state index in [1.807, 2.05) is 18.2 Å². The fraction of sp³-hybridized carbons (Fsp3) is 0.851. The highest BCUT2D eigenvalue weighted by Crippen LogP contribution is 2.26. The van der Waals surface area contributed by atoms with E-state index in [-0.39, 0.29) is 18.9 Å². The SMILES string of the molecule is CCCCCCCC/C=C\C/C=C\CCC(=O)NC(COC1OC(CO)C(O)C(OS(=O)(=O)O)C1O)C(O)/C=C/CCCCCCCCCCCCCCCCCCCC. The molecule has 0 saturated carbocycles. The Bertz CT molecular complexity index is 1210. The van der Waals surface area contributed by atoms with Crippen LogP contribution in [0.4, 0.5) is 0 Å². The third-order valence-electron chi connectivity index (χ3n) is 11.2. The van der Waals surface area contributed by atoms with Gasteiger partial charge in [-0.15, -0.1) is 0 Å². The van der Waals surface area contributed by atoms with Gasteiger partial charge in [0.05, 0.1) is 25.4 Å². The summed E-state index contributed by atoms with van der Waals surface area (Å²) in [6.07, 6.45) is 36.3. The van der Waals surface area contributed by atoms with Gasteiger partial charge in [-0.1, -0.05) is 192 Å². The van der Waals surface area contributed by atoms with Crippen molar-refractivity contribution < 1.29 is 51.8 Å². The summed E-state index contributed by atoms with van der Waals surface area (Å²) in [5.41, 5.74) is 0. The van der Waals surface area contributed by atoms with Gasteiger partial charge in [0.2, 0.25) is 5.91 Å². The van der Waals surface area contributed by atoms with Gasteiger partial charge in [0.15, 0.2) is 6.29 Å². The van der Waals surface area contributed by atoms with E-state index in [1.54, 1.807) is 6.08 Å². The van der Waals surface area contributed by atoms with Crippen LogP contribution in [0.3, 0.4) is 0 Å². The fourth-order valence-electron chi connectivity index (χ4n) is 7.45. The highest BCUT2D eigenvalue weighted by molar-refractivity contribution is 7.80. The van der Waals surface area contributed by atoms with E-state index in [2.05, 4.69) is 35.5 Å². The van der Waals surface area contributed by atoms with Gasteiger partial charge in [0, 0.05) is 6.42 Å². The average molecular weight is 874 g/mol. The molecule has 0 aromatic carbocycles. The number of aliphatic hydroxyl groups excluding tert-OH is 4. The lowest BCUT2D eigenvalue weighted by Gasteiger charge is -2.41. The van der Waals surface area contributed by atoms with E-state index >= 15 is 0 Å². The molecular formula is C47H87NO11S. The van der Waals surface area contributed by atoms with Crippen LogP contribution in [0, 0.1) is 0 Å². The van der Waals surface area contributed by atoms with E-state index in [0.717, 1.165) is 32.1 Å². The Morgan fingerprint density at radius 2 is 1.12 bits per heavy atom. The number of hydrogen-bond acceptors (Lipinski definition) is 10. The van der Waals surface area contributed by atoms with E-state index in [9.17, 15) is 38.2 Å². The van der Waals surface area contributed by atoms with E-state index in [1.165, 1.54) is 141 Å². The minimum atomic E-state index is -5.09. The Kier molecular flexibility index (Phi) is 35.5. The smallest absolute Gasteiger partial charge is 0.394 e. The second-order valence-electron chi connectivity index (χ2n) is 16.7. The summed E-state index contributed by atoms with van der Waals surface area (Å²) in [5.74, 6) is -0.329. The van der Waals surface area contributed by atoms with Gasteiger partial charge in [0.25, 0.3) is 0 Å². The molecule has 1 aliphatic rings. The van der Waals surface area contributed by atoms with Gasteiger partial charge in [-0.05, 0) is 38.5 Å². The van der Waals surface area contributed by atoms with Gasteiger partial charge in [0.1, 0.15) is 24.4 Å². The van der Waals surface area contributed by atoms with E-state index in [4.69, 9.17) is 9.47 Å². The number of ether oxygens (including phenoxy) is 2. The van der Waals surface area contributed by atoms with Gasteiger partial charge in [-0.3, -0.25) is 9.35 Å². The molecule has 352 valence electrons. The molecule has 0 aliphatic carbocycles. The largest absolute Gasteiger partial charge is 0.397 e. The lowest BCUT2D eigenvalue weighted by atomic mass is 9.99. The first-order valence-corrected chi connectivity index (χ1v) is 25.2. The summed E-state index contributed by atoms with van der Waals surface area (Å²) in [5, 5.41) is 44.6. The molecule has 60 heavy (non-hydrogen) atoms. The number of hydrogen-bond donors (Lipinski definition) is 6. The van der Waals surface area contributed by atoms with Gasteiger partial charge >= 0.3 is 10.4 Å². The summed E-state index contributed by atoms with van der Waals surface area (Å²) in [7, 11) is -5.09. The van der Waals surface area contributed by atoms with Crippen LogP contribution in [0.15, 0.2) is 36.5 Å². The normalized spacial score (nSPS) is 21.1. The second-order valence-corrected chi connectivity index (χ2v) is 17.7. The Balaban J connectivity index is 2.52. The zero-order valence-corrected chi connectivity index (χ0v) is 38.3. The standard InChI is InChI=1S/C47H87NO11S/c1-3-5-7-9-11-13-15-17-18-19-20-21-22-23-25-26-28-30-32-34-36-41(50)40(39-57-47-45(53)46(59-60(54,55)56)44(52)42(38-49)58-47)48-43(51)37-35-33-31-29-27-24-16-14-12-10-8-6-4-2/h24,27,31,33-34,36,40-42,44-47,49-50,52-53H,3-23,25-26,28-30,32,35,37-39H2,1-2H3,(H,48,51)(H,54,55,56)/b27-24-,33-31-,36-34+. The predicted molar refractivity (Wildman–Crippen MR) is 241 cm³/mol. The maximum absolute atomic E-state index is 13.0. The Hall–Kier alpha value is -1.68. The number of amides is 1. The number of carbonyl (C=O) groups is 1. The maximum atomic E-state index is 13.0. The van der Waals surface area contributed by atoms with Crippen molar-refractivity contribution >= 4 is 16.3 Å². The van der Waals surface area contributed by atoms with Crippen molar-refractivity contribution in [1.29, 1.82) is 0 Å². The first kappa shape index (κ1) is 56.3. The molecule has 6 N–H and O–H groups in total. The van der Waals surface area contributed by atoms with E-state index < -0.39 is 59.9 Å². The van der Waals surface area contributed by atoms with Gasteiger partial charge < -0.3 is 35.2 Å². The van der Waals surface area contributed by atoms with Gasteiger partial charge in [-0.25, -0.2) is 4.18 Å². The topological polar surface area (TPSA) is 192 Å². The minimum absolute atomic E-state index is 0.163. The van der Waals surface area contributed by atoms with Crippen LogP contribution in [0.25, 0.3) is 0 Å². The number of allylic oxidation sites excluding steroid dienone is 5. The van der Waals surface area contributed by atoms with Crippen molar-refractivity contribution in [3.63, 3.8) is 0 Å². The quantitative estimate of drug-likeness (QED) is 0.0195. The minimum Gasteiger partial charge on any atom is -0.394 e. The molecule has 7 unspecified atom stereocenters. The number of nitrogens with one attached hydrogen (secondary N) is 1. The fourth-order valence-corrected chi connectivity index (χ4v) is 7.95. The van der Waals surface area contributed by atoms with Crippen LogP contribution < -0.4 is 5.32 Å². The van der Waals surface area contributed by atoms with Crippen molar-refractivity contribution in [2.45, 2.75) is 243 Å². The third kappa shape index (κ3) is 30.4. The van der Waals surface area contributed by atoms with E-state index in [0.29, 0.717) is 6.42 Å². The lowest BCUT2D eigenvalue weighted by Crippen LogP contribution is -2.61. The molecule has 0 aromatic heterocycles. The molecule has 0 radical (unpaired) electrons. The molecule has 7 atom stereocenters. The van der Waals surface area contributed by atoms with Crippen LogP contribution in [-0.2, 0) is 28.9 Å². The summed E-state index contributed by atoms with van der Waals surface area (Å²) in [6, 6.07) is -0.973. The van der Waals surface area contributed by atoms with Crippen molar-refractivity contribution in [3.8, 4) is 0 Å². The molecule has 1 fully saturated rings. The van der Waals surface area contributed by atoms with Crippen molar-refractivity contribution in [1.82, 2.24) is 5.32 Å². The Labute approximate surface area is 365 Å². The van der Waals surface area contributed by atoms with Crippen LogP contribution in [0.5, 0.6) is 0 Å². The van der Waals surface area contributed by atoms with Crippen LogP contribution in [0.2, 0.25) is 0 Å². The molecule has 13 heteroatoms. The number of rotatable bonds is 40. The molecule has 0 spiro atoms. The molecule has 1 rings (SSSR count). The number of carbonyl (C=O) groups excluding carboxylic acids is 1. The Morgan fingerprint density at radius 3 is 1.58 bits per heavy atom. The van der Waals surface area contributed by atoms with Crippen molar-refractivity contribution in [2.24, 2.45) is 0 Å². The summed E-state index contributed by atoms with van der Waals surface area (Å²) >= 11 is 0. The van der Waals surface area contributed by atoms with Crippen molar-refractivity contribution in [2.75, 3.05) is 13.2 Å². The molecule has 1 amide bonds. The lowest BCUT2D eigenvalue weighted by molar-refractivity contribution is -0.298. The van der Waals surface area contributed by atoms with Crippen LogP contribution >= 0.6 is 0 Å². The monoisotopic (exact) mass is 874 g/mol. The summed E-state index contributed by atoms with van der Waals surface area (Å²) in [6.45, 7) is 3.34. The third-order valence-corrected chi connectivity index (χ3v) is 11.6. The molecule has 1 heterocycles. The molecule has 12 nitrogen and oxygen atoms in total. The Morgan fingerprint density at radius 1 is 0.667 bits per heavy atom. The van der Waals surface area contributed by atoms with Crippen molar-refractivity contribution in [3.05, 3.63) is 36.5 Å². The summed E-state index contributed by atoms with van der Waals surface area (Å²) < 4.78 is 47.5. The molecule has 1 aliphatic heterocycles. The van der Waals surface area contributed by atoms with Gasteiger partial charge in [-0.2, -0.15) is 8.42 Å². The first-order chi connectivity index (χ1) is 29.0. The summed E-state index contributed by atoms with van der Waals surface area (Å²) in [4.78, 5) is 13.0. The highest BCUT2D eigenvalue weighted by atomic mass is 32.3. The first-order valence-electron chi connectivity index (χ1n) is 23.9. The zero-order chi connectivity index (χ0) is 44.1. The zero-order valence-electron chi connectivity index (χ0n) is 37.5. The number of aliphatic hydroxyl groups is 4. The second kappa shape index (κ2) is 37.8. The van der Waals surface area contributed by atoms with Crippen LogP contribution in [-0.4, -0.2) is 95.4 Å². The van der Waals surface area contributed by atoms with Crippen LogP contribution in [0.1, 0.15) is 200 Å². The molecule has 0 bridgehead atoms. The molecule has 0 aromatic rings. The average Bonchev–Trinajstić information content (AvgIpc) is 3.22. The molecular weight excluding hydrogens is 787 g/mol. The maximum Gasteiger partial charge on any atom is 0.397 e. The number of unbranched alkanes of at least 4 members (excludes halogenated alkanes) is 24. The predicted octanol–water partition coefficient (Wildman–Crippen LogP) is 9.50.